The van der Waals surface area contributed by atoms with E-state index in [1.807, 2.05) is 115 Å². The van der Waals surface area contributed by atoms with Crippen molar-refractivity contribution in [2.45, 2.75) is 6.42 Å². The maximum absolute atomic E-state index is 9.27. The van der Waals surface area contributed by atoms with Gasteiger partial charge >= 0.3 is 24.8 Å². The molecule has 1 aliphatic rings. The van der Waals surface area contributed by atoms with Gasteiger partial charge in [-0.1, -0.05) is 42.5 Å². The van der Waals surface area contributed by atoms with Gasteiger partial charge in [-0.05, 0) is 23.3 Å². The summed E-state index contributed by atoms with van der Waals surface area (Å²) in [6.45, 7) is 0. The van der Waals surface area contributed by atoms with E-state index < -0.39 is 0 Å². The first kappa shape index (κ1) is 33.5. The number of allylic oxidation sites excluding steroid dienone is 4. The van der Waals surface area contributed by atoms with Crippen molar-refractivity contribution in [1.82, 2.24) is 0 Å². The fraction of sp³-hybridized carbons (Fsp3) is 0.0333. The summed E-state index contributed by atoms with van der Waals surface area (Å²) in [5, 5.41) is 9.27. The smallest absolute Gasteiger partial charge is 0.171 e. The zero-order valence-electron chi connectivity index (χ0n) is 18.9. The van der Waals surface area contributed by atoms with Crippen molar-refractivity contribution in [2.75, 3.05) is 0 Å². The van der Waals surface area contributed by atoms with Crippen molar-refractivity contribution in [3.63, 3.8) is 0 Å². The number of halogens is 2. The quantitative estimate of drug-likeness (QED) is 0.197. The fourth-order valence-electron chi connectivity index (χ4n) is 2.34. The molecule has 1 aliphatic carbocycles. The van der Waals surface area contributed by atoms with Crippen LogP contribution in [0.1, 0.15) is 6.42 Å². The third-order valence-electron chi connectivity index (χ3n) is 3.75. The van der Waals surface area contributed by atoms with Gasteiger partial charge in [-0.25, -0.2) is 12.2 Å². The summed E-state index contributed by atoms with van der Waals surface area (Å²) in [7, 11) is 0. The molecule has 0 aromatic heterocycles. The second kappa shape index (κ2) is 25.0. The molecule has 5 rings (SSSR count). The van der Waals surface area contributed by atoms with Gasteiger partial charge in [-0.15, -0.1) is 31.2 Å². The maximum atomic E-state index is 9.27. The Labute approximate surface area is 228 Å². The molecule has 0 atom stereocenters. The number of phenols is 1. The Bertz CT molecular complexity index is 897. The van der Waals surface area contributed by atoms with Gasteiger partial charge in [0.2, 0.25) is 0 Å². The van der Waals surface area contributed by atoms with Gasteiger partial charge in [0.15, 0.2) is 0 Å². The summed E-state index contributed by atoms with van der Waals surface area (Å²) in [6, 6.07) is 42.3. The molecule has 0 aliphatic heterocycles. The molecule has 1 nitrogen and oxygen atoms in total. The zero-order chi connectivity index (χ0) is 23.1. The molecule has 0 radical (unpaired) electrons. The van der Waals surface area contributed by atoms with Crippen LogP contribution in [-0.4, -0.2) is 9.92 Å². The Balaban J connectivity index is 0. The number of benzene rings is 4. The minimum atomic E-state index is 0. The molecule has 0 saturated carbocycles. The van der Waals surface area contributed by atoms with Crippen LogP contribution in [-0.2, 0) is 20.0 Å². The number of rotatable bonds is 1. The molecule has 4 heteroatoms. The third kappa shape index (κ3) is 17.8. The first-order chi connectivity index (χ1) is 15.9. The minimum Gasteiger partial charge on any atom is -0.184 e. The largest absolute Gasteiger partial charge is 0.184 e. The van der Waals surface area contributed by atoms with Gasteiger partial charge in [-0.3, -0.25) is 6.08 Å². The molecule has 0 spiro atoms. The van der Waals surface area contributed by atoms with Gasteiger partial charge in [0.05, 0.1) is 0 Å². The van der Waals surface area contributed by atoms with E-state index in [2.05, 4.69) is 29.1 Å². The Kier molecular flexibility index (Phi) is 24.6. The van der Waals surface area contributed by atoms with Crippen LogP contribution < -0.4 is 0 Å². The van der Waals surface area contributed by atoms with Gasteiger partial charge in [0.25, 0.3) is 0 Å². The number of hydrogen-bond donors (Lipinski definition) is 1. The standard InChI is InChI=1S/C12H10O.2C6H5.C5H5.CH2.2ClH.Ti/c13-12-8-4-7-11(9-12)10-5-2-1-3-6-10;2*1-2-4-6-5-3-1;1-2-4-5-3-1;;;;/h1-9,13H;2*1-5H;1-3H,4H2;1H2;2*1H;/q;3*-1;;;;. The molecule has 4 aromatic carbocycles. The summed E-state index contributed by atoms with van der Waals surface area (Å²) < 4.78 is 0. The van der Waals surface area contributed by atoms with Crippen molar-refractivity contribution in [2.24, 2.45) is 0 Å². The SMILES string of the molecule is Cl.Cl.Oc1cccc(-c2ccccc2)c1.[C-]1=CC=CC1.[CH2]=[Ti].[c-]1ccccc1.[c-]1ccccc1. The maximum Gasteiger partial charge on any atom is -0.171 e. The van der Waals surface area contributed by atoms with E-state index in [1.165, 1.54) is 0 Å². The predicted molar refractivity (Wildman–Crippen MR) is 147 cm³/mol. The zero-order valence-corrected chi connectivity index (χ0v) is 22.1. The second-order valence-electron chi connectivity index (χ2n) is 6.07. The first-order valence-corrected chi connectivity index (χ1v) is 11.2. The summed E-state index contributed by atoms with van der Waals surface area (Å²) in [6.07, 6.45) is 10.0. The van der Waals surface area contributed by atoms with E-state index in [1.54, 1.807) is 32.1 Å². The van der Waals surface area contributed by atoms with Crippen LogP contribution in [0.5, 0.6) is 5.75 Å². The minimum absolute atomic E-state index is 0. The number of hydrogen-bond acceptors (Lipinski definition) is 1. The Morgan fingerprint density at radius 1 is 0.647 bits per heavy atom. The van der Waals surface area contributed by atoms with E-state index >= 15 is 0 Å². The molecule has 0 heterocycles. The van der Waals surface area contributed by atoms with E-state index in [9.17, 15) is 5.11 Å². The summed E-state index contributed by atoms with van der Waals surface area (Å²) in [4.78, 5) is 3.25. The van der Waals surface area contributed by atoms with Crippen LogP contribution in [0.2, 0.25) is 0 Å². The van der Waals surface area contributed by atoms with Crippen LogP contribution in [0.3, 0.4) is 0 Å². The van der Waals surface area contributed by atoms with E-state index in [-0.39, 0.29) is 24.8 Å². The normalized spacial score (nSPS) is 9.26. The van der Waals surface area contributed by atoms with Gasteiger partial charge in [0, 0.05) is 0 Å². The second-order valence-corrected chi connectivity index (χ2v) is 6.07. The molecule has 34 heavy (non-hydrogen) atoms. The van der Waals surface area contributed by atoms with Crippen molar-refractivity contribution in [1.29, 1.82) is 0 Å². The molecular weight excluding hydrogens is 495 g/mol. The number of aromatic hydroxyl groups is 1. The van der Waals surface area contributed by atoms with Crippen LogP contribution in [0.4, 0.5) is 0 Å². The van der Waals surface area contributed by atoms with E-state index in [0.29, 0.717) is 5.75 Å². The van der Waals surface area contributed by atoms with Crippen molar-refractivity contribution >= 4 is 29.6 Å². The average Bonchev–Trinajstić information content (AvgIpc) is 3.49. The van der Waals surface area contributed by atoms with Crippen LogP contribution in [0, 0.1) is 18.2 Å². The van der Waals surface area contributed by atoms with Crippen LogP contribution in [0.15, 0.2) is 133 Å². The predicted octanol–water partition coefficient (Wildman–Crippen LogP) is 8.15. The van der Waals surface area contributed by atoms with Gasteiger partial charge in [-0.2, -0.15) is 78.9 Å². The molecule has 0 saturated heterocycles. The molecule has 0 amide bonds. The summed E-state index contributed by atoms with van der Waals surface area (Å²) in [5.74, 6) is 0.307. The molecule has 0 bridgehead atoms. The van der Waals surface area contributed by atoms with Crippen LogP contribution in [0.25, 0.3) is 11.1 Å². The van der Waals surface area contributed by atoms with Crippen molar-refractivity contribution < 1.29 is 25.1 Å². The molecule has 0 unspecified atom stereocenters. The van der Waals surface area contributed by atoms with Crippen molar-refractivity contribution in [3.05, 3.63) is 152 Å². The Morgan fingerprint density at radius 2 is 1.15 bits per heavy atom. The number of phenolic OH excluding ortho intramolecular Hbond substituents is 1. The van der Waals surface area contributed by atoms with Crippen molar-refractivity contribution in [3.8, 4) is 16.9 Å². The van der Waals surface area contributed by atoms with E-state index in [4.69, 9.17) is 0 Å². The first-order valence-electron chi connectivity index (χ1n) is 10.1. The molecular formula is C30H29Cl2OTi-3. The molecule has 0 fully saturated rings. The molecule has 176 valence electrons. The van der Waals surface area contributed by atoms with E-state index in [0.717, 1.165) is 17.5 Å². The molecule has 1 N–H and O–H groups in total. The monoisotopic (exact) mass is 523 g/mol. The summed E-state index contributed by atoms with van der Waals surface area (Å²) >= 11 is 1.75. The Hall–Kier alpha value is -2.68. The third-order valence-corrected chi connectivity index (χ3v) is 3.75. The van der Waals surface area contributed by atoms with Crippen LogP contribution >= 0.6 is 24.8 Å². The topological polar surface area (TPSA) is 20.2 Å². The van der Waals surface area contributed by atoms with Gasteiger partial charge < -0.3 is 5.11 Å². The Morgan fingerprint density at radius 3 is 1.47 bits per heavy atom. The average molecular weight is 524 g/mol. The summed E-state index contributed by atoms with van der Waals surface area (Å²) in [5.41, 5.74) is 2.17. The molecule has 4 aromatic rings. The van der Waals surface area contributed by atoms with Gasteiger partial charge in [0.1, 0.15) is 5.75 Å². The fourth-order valence-corrected chi connectivity index (χ4v) is 2.34.